The van der Waals surface area contributed by atoms with Crippen molar-refractivity contribution in [1.82, 2.24) is 5.32 Å². The quantitative estimate of drug-likeness (QED) is 0.741. The van der Waals surface area contributed by atoms with Crippen LogP contribution in [0.2, 0.25) is 0 Å². The second-order valence-corrected chi connectivity index (χ2v) is 8.68. The molecule has 0 spiro atoms. The van der Waals surface area contributed by atoms with Crippen molar-refractivity contribution >= 4 is 17.5 Å². The van der Waals surface area contributed by atoms with E-state index in [0.29, 0.717) is 13.0 Å². The molecule has 148 valence electrons. The zero-order chi connectivity index (χ0) is 20.1. The fourth-order valence-electron chi connectivity index (χ4n) is 3.01. The van der Waals surface area contributed by atoms with Gasteiger partial charge in [-0.15, -0.1) is 0 Å². The molecule has 0 unspecified atom stereocenters. The monoisotopic (exact) mass is 378 g/mol. The van der Waals surface area contributed by atoms with Crippen molar-refractivity contribution < 1.29 is 9.59 Å². The van der Waals surface area contributed by atoms with E-state index in [1.54, 1.807) is 0 Å². The molecule has 0 bridgehead atoms. The Kier molecular flexibility index (Phi) is 6.18. The van der Waals surface area contributed by atoms with Crippen LogP contribution in [0.4, 0.5) is 5.69 Å². The third-order valence-electron chi connectivity index (χ3n) is 5.12. The molecule has 0 radical (unpaired) electrons. The predicted molar refractivity (Wildman–Crippen MR) is 113 cm³/mol. The molecule has 2 aromatic carbocycles. The summed E-state index contributed by atoms with van der Waals surface area (Å²) in [6, 6.07) is 16.2. The highest BCUT2D eigenvalue weighted by Gasteiger charge is 2.29. The van der Waals surface area contributed by atoms with Crippen molar-refractivity contribution in [3.8, 4) is 0 Å². The third kappa shape index (κ3) is 5.95. The molecule has 2 amide bonds. The Morgan fingerprint density at radius 3 is 2.11 bits per heavy atom. The number of aryl methyl sites for hydroxylation is 1. The molecule has 0 heterocycles. The van der Waals surface area contributed by atoms with Crippen LogP contribution in [0.25, 0.3) is 0 Å². The molecule has 3 rings (SSSR count). The van der Waals surface area contributed by atoms with E-state index in [2.05, 4.69) is 55.7 Å². The highest BCUT2D eigenvalue weighted by Crippen LogP contribution is 2.30. The first-order valence-electron chi connectivity index (χ1n) is 10.1. The average Bonchev–Trinajstić information content (AvgIpc) is 3.51. The molecular weight excluding hydrogens is 348 g/mol. The van der Waals surface area contributed by atoms with Crippen molar-refractivity contribution in [2.75, 3.05) is 5.32 Å². The van der Waals surface area contributed by atoms with Crippen LogP contribution < -0.4 is 10.6 Å². The summed E-state index contributed by atoms with van der Waals surface area (Å²) < 4.78 is 0. The lowest BCUT2D eigenvalue weighted by atomic mass is 9.86. The van der Waals surface area contributed by atoms with E-state index in [-0.39, 0.29) is 23.1 Å². The number of nitrogens with one attached hydrogen (secondary N) is 2. The van der Waals surface area contributed by atoms with Crippen LogP contribution in [-0.2, 0) is 28.0 Å². The maximum Gasteiger partial charge on any atom is 0.227 e. The number of benzene rings is 2. The topological polar surface area (TPSA) is 58.2 Å². The van der Waals surface area contributed by atoms with Gasteiger partial charge in [0.1, 0.15) is 0 Å². The van der Waals surface area contributed by atoms with Crippen LogP contribution in [-0.4, -0.2) is 11.8 Å². The number of rotatable bonds is 7. The Morgan fingerprint density at radius 1 is 0.929 bits per heavy atom. The fourth-order valence-corrected chi connectivity index (χ4v) is 3.01. The summed E-state index contributed by atoms with van der Waals surface area (Å²) in [6.07, 6.45) is 3.21. The van der Waals surface area contributed by atoms with Crippen molar-refractivity contribution in [3.63, 3.8) is 0 Å². The lowest BCUT2D eigenvalue weighted by Gasteiger charge is -2.19. The minimum atomic E-state index is 0.0472. The van der Waals surface area contributed by atoms with Crippen LogP contribution in [0.1, 0.15) is 56.7 Å². The highest BCUT2D eigenvalue weighted by atomic mass is 16.2. The SMILES string of the molecule is CC(C)(C)c1ccc(CCC(=O)NCc2ccc(NC(=O)C3CC3)cc2)cc1. The first kappa shape index (κ1) is 20.1. The standard InChI is InChI=1S/C24H30N2O2/c1-24(2,3)20-11-4-17(5-12-20)8-15-22(27)25-16-18-6-13-21(14-7-18)26-23(28)19-9-10-19/h4-7,11-14,19H,8-10,15-16H2,1-3H3,(H,25,27)(H,26,28). The lowest BCUT2D eigenvalue weighted by molar-refractivity contribution is -0.121. The van der Waals surface area contributed by atoms with Gasteiger partial charge in [0.05, 0.1) is 0 Å². The van der Waals surface area contributed by atoms with Crippen molar-refractivity contribution in [1.29, 1.82) is 0 Å². The lowest BCUT2D eigenvalue weighted by Crippen LogP contribution is -2.23. The van der Waals surface area contributed by atoms with Crippen LogP contribution >= 0.6 is 0 Å². The summed E-state index contributed by atoms with van der Waals surface area (Å²) in [5.41, 5.74) is 4.46. The molecule has 2 aromatic rings. The third-order valence-corrected chi connectivity index (χ3v) is 5.12. The van der Waals surface area contributed by atoms with Gasteiger partial charge >= 0.3 is 0 Å². The van der Waals surface area contributed by atoms with Gasteiger partial charge in [0.25, 0.3) is 0 Å². The smallest absolute Gasteiger partial charge is 0.227 e. The molecule has 4 heteroatoms. The Morgan fingerprint density at radius 2 is 1.54 bits per heavy atom. The Balaban J connectivity index is 1.40. The van der Waals surface area contributed by atoms with Crippen LogP contribution in [0, 0.1) is 5.92 Å². The maximum absolute atomic E-state index is 12.1. The van der Waals surface area contributed by atoms with Gasteiger partial charge in [-0.05, 0) is 53.5 Å². The number of carbonyl (C=O) groups excluding carboxylic acids is 2. The highest BCUT2D eigenvalue weighted by molar-refractivity contribution is 5.94. The van der Waals surface area contributed by atoms with Gasteiger partial charge in [-0.3, -0.25) is 9.59 Å². The van der Waals surface area contributed by atoms with E-state index in [1.807, 2.05) is 24.3 Å². The Labute approximate surface area is 167 Å². The summed E-state index contributed by atoms with van der Waals surface area (Å²) >= 11 is 0. The zero-order valence-electron chi connectivity index (χ0n) is 17.0. The van der Waals surface area contributed by atoms with Gasteiger partial charge in [-0.25, -0.2) is 0 Å². The molecule has 2 N–H and O–H groups in total. The molecule has 1 aliphatic rings. The van der Waals surface area contributed by atoms with E-state index < -0.39 is 0 Å². The predicted octanol–water partition coefficient (Wildman–Crippen LogP) is 4.58. The normalized spacial score (nSPS) is 13.8. The molecule has 28 heavy (non-hydrogen) atoms. The van der Waals surface area contributed by atoms with E-state index in [9.17, 15) is 9.59 Å². The van der Waals surface area contributed by atoms with Crippen molar-refractivity contribution in [2.45, 2.75) is 58.4 Å². The van der Waals surface area contributed by atoms with E-state index in [4.69, 9.17) is 0 Å². The van der Waals surface area contributed by atoms with Gasteiger partial charge < -0.3 is 10.6 Å². The maximum atomic E-state index is 12.1. The first-order chi connectivity index (χ1) is 13.3. The average molecular weight is 379 g/mol. The van der Waals surface area contributed by atoms with Gasteiger partial charge in [0.15, 0.2) is 0 Å². The number of hydrogen-bond donors (Lipinski definition) is 2. The molecule has 1 saturated carbocycles. The largest absolute Gasteiger partial charge is 0.352 e. The van der Waals surface area contributed by atoms with Gasteiger partial charge in [-0.1, -0.05) is 57.2 Å². The number of anilines is 1. The summed E-state index contributed by atoms with van der Waals surface area (Å²) in [7, 11) is 0. The molecule has 0 atom stereocenters. The number of amides is 2. The van der Waals surface area contributed by atoms with E-state index >= 15 is 0 Å². The second-order valence-electron chi connectivity index (χ2n) is 8.68. The molecule has 1 aliphatic carbocycles. The van der Waals surface area contributed by atoms with Crippen LogP contribution in [0.3, 0.4) is 0 Å². The van der Waals surface area contributed by atoms with Crippen LogP contribution in [0.15, 0.2) is 48.5 Å². The fraction of sp³-hybridized carbons (Fsp3) is 0.417. The minimum absolute atomic E-state index is 0.0472. The van der Waals surface area contributed by atoms with Crippen molar-refractivity contribution in [3.05, 3.63) is 65.2 Å². The molecule has 0 aliphatic heterocycles. The van der Waals surface area contributed by atoms with E-state index in [1.165, 1.54) is 11.1 Å². The summed E-state index contributed by atoms with van der Waals surface area (Å²) in [5, 5.41) is 5.89. The van der Waals surface area contributed by atoms with Gasteiger partial charge in [0, 0.05) is 24.6 Å². The van der Waals surface area contributed by atoms with E-state index in [0.717, 1.165) is 30.5 Å². The second kappa shape index (κ2) is 8.59. The molecule has 0 aromatic heterocycles. The Hall–Kier alpha value is -2.62. The molecule has 1 fully saturated rings. The molecular formula is C24H30N2O2. The first-order valence-corrected chi connectivity index (χ1v) is 10.1. The van der Waals surface area contributed by atoms with Crippen LogP contribution in [0.5, 0.6) is 0 Å². The zero-order valence-corrected chi connectivity index (χ0v) is 17.0. The minimum Gasteiger partial charge on any atom is -0.352 e. The number of carbonyl (C=O) groups is 2. The van der Waals surface area contributed by atoms with Gasteiger partial charge in [0.2, 0.25) is 11.8 Å². The number of hydrogen-bond acceptors (Lipinski definition) is 2. The molecule has 0 saturated heterocycles. The van der Waals surface area contributed by atoms with Gasteiger partial charge in [-0.2, -0.15) is 0 Å². The molecule has 4 nitrogen and oxygen atoms in total. The Bertz CT molecular complexity index is 813. The summed E-state index contributed by atoms with van der Waals surface area (Å²) in [4.78, 5) is 23.9. The summed E-state index contributed by atoms with van der Waals surface area (Å²) in [6.45, 7) is 7.09. The summed E-state index contributed by atoms with van der Waals surface area (Å²) in [5.74, 6) is 0.353. The van der Waals surface area contributed by atoms with Crippen molar-refractivity contribution in [2.24, 2.45) is 5.92 Å².